The lowest BCUT2D eigenvalue weighted by molar-refractivity contribution is -0.134. The first-order valence-corrected chi connectivity index (χ1v) is 11.7. The number of anilines is 1. The van der Waals surface area contributed by atoms with Gasteiger partial charge >= 0.3 is 0 Å². The van der Waals surface area contributed by atoms with Crippen LogP contribution >= 0.6 is 0 Å². The lowest BCUT2D eigenvalue weighted by atomic mass is 9.90. The van der Waals surface area contributed by atoms with E-state index in [0.717, 1.165) is 55.2 Å². The van der Waals surface area contributed by atoms with Gasteiger partial charge in [0.2, 0.25) is 11.9 Å². The van der Waals surface area contributed by atoms with Crippen molar-refractivity contribution in [3.05, 3.63) is 42.0 Å². The Hall–Kier alpha value is -2.54. The van der Waals surface area contributed by atoms with Gasteiger partial charge in [0.25, 0.3) is 0 Å². The molecule has 4 rings (SSSR count). The zero-order chi connectivity index (χ0) is 22.7. The van der Waals surface area contributed by atoms with Crippen molar-refractivity contribution >= 4 is 11.9 Å². The number of aromatic nitrogens is 2. The molecule has 0 N–H and O–H groups in total. The first-order valence-electron chi connectivity index (χ1n) is 11.7. The van der Waals surface area contributed by atoms with Crippen molar-refractivity contribution in [2.75, 3.05) is 51.7 Å². The molecule has 0 bridgehead atoms. The van der Waals surface area contributed by atoms with Gasteiger partial charge in [0, 0.05) is 44.9 Å². The van der Waals surface area contributed by atoms with Crippen LogP contribution < -0.4 is 4.90 Å². The van der Waals surface area contributed by atoms with E-state index < -0.39 is 0 Å². The molecular formula is C25H34FN5O. The summed E-state index contributed by atoms with van der Waals surface area (Å²) >= 11 is 0. The second-order valence-corrected chi connectivity index (χ2v) is 9.51. The van der Waals surface area contributed by atoms with Crippen LogP contribution in [0.4, 0.5) is 10.3 Å². The van der Waals surface area contributed by atoms with E-state index in [9.17, 15) is 9.18 Å². The van der Waals surface area contributed by atoms with E-state index in [1.165, 1.54) is 25.0 Å². The van der Waals surface area contributed by atoms with Gasteiger partial charge in [0.05, 0.1) is 12.2 Å². The van der Waals surface area contributed by atoms with Crippen LogP contribution in [0.1, 0.15) is 44.2 Å². The fourth-order valence-electron chi connectivity index (χ4n) is 4.70. The molecular weight excluding hydrogens is 405 g/mol. The number of carbonyl (C=O) groups excluding carboxylic acids is 1. The van der Waals surface area contributed by atoms with Gasteiger partial charge < -0.3 is 9.80 Å². The van der Waals surface area contributed by atoms with Gasteiger partial charge in [-0.1, -0.05) is 19.1 Å². The van der Waals surface area contributed by atoms with Crippen molar-refractivity contribution in [3.8, 4) is 11.1 Å². The van der Waals surface area contributed by atoms with Crippen LogP contribution in [-0.4, -0.2) is 72.5 Å². The third-order valence-corrected chi connectivity index (χ3v) is 6.76. The van der Waals surface area contributed by atoms with Gasteiger partial charge in [-0.2, -0.15) is 0 Å². The number of piperidine rings is 2. The summed E-state index contributed by atoms with van der Waals surface area (Å²) in [6.07, 6.45) is 6.11. The fourth-order valence-corrected chi connectivity index (χ4v) is 4.70. The molecule has 2 aromatic rings. The highest BCUT2D eigenvalue weighted by Gasteiger charge is 2.29. The quantitative estimate of drug-likeness (QED) is 0.710. The molecule has 3 heterocycles. The molecule has 2 fully saturated rings. The molecule has 0 saturated carbocycles. The highest BCUT2D eigenvalue weighted by atomic mass is 19.1. The predicted octanol–water partition coefficient (Wildman–Crippen LogP) is 3.79. The van der Waals surface area contributed by atoms with E-state index in [1.54, 1.807) is 12.1 Å². The average Bonchev–Trinajstić information content (AvgIpc) is 2.81. The maximum atomic E-state index is 13.5. The largest absolute Gasteiger partial charge is 0.347 e. The predicted molar refractivity (Wildman–Crippen MR) is 125 cm³/mol. The summed E-state index contributed by atoms with van der Waals surface area (Å²) in [5.74, 6) is 1.50. The van der Waals surface area contributed by atoms with Crippen LogP contribution in [0, 0.1) is 11.7 Å². The van der Waals surface area contributed by atoms with E-state index in [-0.39, 0.29) is 17.6 Å². The number of amides is 1. The number of carbonyl (C=O) groups is 1. The van der Waals surface area contributed by atoms with Crippen molar-refractivity contribution in [2.24, 2.45) is 5.92 Å². The number of hydrogen-bond donors (Lipinski definition) is 0. The van der Waals surface area contributed by atoms with E-state index in [1.807, 2.05) is 30.1 Å². The van der Waals surface area contributed by atoms with Crippen molar-refractivity contribution in [2.45, 2.75) is 38.5 Å². The molecule has 0 unspecified atom stereocenters. The number of hydrogen-bond acceptors (Lipinski definition) is 5. The monoisotopic (exact) mass is 439 g/mol. The molecule has 1 amide bonds. The van der Waals surface area contributed by atoms with E-state index in [4.69, 9.17) is 4.98 Å². The zero-order valence-corrected chi connectivity index (χ0v) is 19.4. The summed E-state index contributed by atoms with van der Waals surface area (Å²) in [6, 6.07) is 6.48. The van der Waals surface area contributed by atoms with Crippen LogP contribution in [0.5, 0.6) is 0 Å². The molecule has 2 saturated heterocycles. The Kier molecular flexibility index (Phi) is 7.04. The van der Waals surface area contributed by atoms with Crippen molar-refractivity contribution in [1.29, 1.82) is 0 Å². The third kappa shape index (κ3) is 5.26. The van der Waals surface area contributed by atoms with Gasteiger partial charge in [0.15, 0.2) is 0 Å². The maximum Gasteiger partial charge on any atom is 0.236 e. The highest BCUT2D eigenvalue weighted by Crippen LogP contribution is 2.34. The maximum absolute atomic E-state index is 13.5. The lowest BCUT2D eigenvalue weighted by Crippen LogP contribution is -2.46. The van der Waals surface area contributed by atoms with Crippen LogP contribution in [-0.2, 0) is 4.79 Å². The Balaban J connectivity index is 1.54. The smallest absolute Gasteiger partial charge is 0.236 e. The first-order chi connectivity index (χ1) is 15.4. The van der Waals surface area contributed by atoms with Crippen molar-refractivity contribution in [1.82, 2.24) is 19.8 Å². The van der Waals surface area contributed by atoms with Crippen molar-refractivity contribution in [3.63, 3.8) is 0 Å². The van der Waals surface area contributed by atoms with Gasteiger partial charge in [-0.3, -0.25) is 9.69 Å². The Labute approximate surface area is 190 Å². The minimum Gasteiger partial charge on any atom is -0.347 e. The molecule has 2 aliphatic heterocycles. The molecule has 2 aliphatic rings. The SMILES string of the molecule is CC1CCN(CC(=O)N2CCC[C@@H](c3nc(N(C)C)ncc3-c3ccc(F)cc3)C2)CC1. The van der Waals surface area contributed by atoms with Crippen LogP contribution in [0.25, 0.3) is 11.1 Å². The minimum atomic E-state index is -0.261. The molecule has 1 aromatic heterocycles. The Morgan fingerprint density at radius 1 is 1.12 bits per heavy atom. The van der Waals surface area contributed by atoms with E-state index >= 15 is 0 Å². The number of rotatable bonds is 5. The highest BCUT2D eigenvalue weighted by molar-refractivity contribution is 5.78. The van der Waals surface area contributed by atoms with E-state index in [2.05, 4.69) is 16.8 Å². The number of likely N-dealkylation sites (tertiary alicyclic amines) is 2. The third-order valence-electron chi connectivity index (χ3n) is 6.76. The molecule has 7 heteroatoms. The lowest BCUT2D eigenvalue weighted by Gasteiger charge is -2.36. The van der Waals surface area contributed by atoms with Crippen LogP contribution in [0.3, 0.4) is 0 Å². The average molecular weight is 440 g/mol. The van der Waals surface area contributed by atoms with E-state index in [0.29, 0.717) is 19.0 Å². The molecule has 0 aliphatic carbocycles. The summed E-state index contributed by atoms with van der Waals surface area (Å²) in [5, 5.41) is 0. The van der Waals surface area contributed by atoms with Gasteiger partial charge in [0.1, 0.15) is 5.82 Å². The fraction of sp³-hybridized carbons (Fsp3) is 0.560. The second kappa shape index (κ2) is 9.94. The topological polar surface area (TPSA) is 52.6 Å². The summed E-state index contributed by atoms with van der Waals surface area (Å²) in [5.41, 5.74) is 2.76. The molecule has 1 aromatic carbocycles. The molecule has 32 heavy (non-hydrogen) atoms. The molecule has 0 spiro atoms. The second-order valence-electron chi connectivity index (χ2n) is 9.51. The Bertz CT molecular complexity index is 924. The Morgan fingerprint density at radius 2 is 1.84 bits per heavy atom. The first kappa shape index (κ1) is 22.6. The van der Waals surface area contributed by atoms with Gasteiger partial charge in [-0.15, -0.1) is 0 Å². The standard InChI is InChI=1S/C25H34FN5O/c1-18-10-13-30(14-11-18)17-23(32)31-12-4-5-20(16-31)24-22(15-27-25(28-24)29(2)3)19-6-8-21(26)9-7-19/h6-9,15,18,20H,4-5,10-14,16-17H2,1-3H3/t20-/m1/s1. The number of benzene rings is 1. The van der Waals surface area contributed by atoms with Crippen molar-refractivity contribution < 1.29 is 9.18 Å². The zero-order valence-electron chi connectivity index (χ0n) is 19.4. The molecule has 172 valence electrons. The number of nitrogens with zero attached hydrogens (tertiary/aromatic N) is 5. The summed E-state index contributed by atoms with van der Waals surface area (Å²) in [7, 11) is 3.85. The summed E-state index contributed by atoms with van der Waals surface area (Å²) in [6.45, 7) is 6.29. The van der Waals surface area contributed by atoms with Crippen LogP contribution in [0.2, 0.25) is 0 Å². The van der Waals surface area contributed by atoms with Gasteiger partial charge in [-0.05, 0) is 62.4 Å². The summed E-state index contributed by atoms with van der Waals surface area (Å²) in [4.78, 5) is 28.7. The minimum absolute atomic E-state index is 0.135. The summed E-state index contributed by atoms with van der Waals surface area (Å²) < 4.78 is 13.5. The normalized spacial score (nSPS) is 20.4. The molecule has 6 nitrogen and oxygen atoms in total. The molecule has 0 radical (unpaired) electrons. The molecule has 1 atom stereocenters. The van der Waals surface area contributed by atoms with Gasteiger partial charge in [-0.25, -0.2) is 14.4 Å². The van der Waals surface area contributed by atoms with Crippen LogP contribution in [0.15, 0.2) is 30.5 Å². The Morgan fingerprint density at radius 3 is 2.53 bits per heavy atom. The number of halogens is 1.